The van der Waals surface area contributed by atoms with E-state index in [-0.39, 0.29) is 5.56 Å². The van der Waals surface area contributed by atoms with E-state index in [9.17, 15) is 9.18 Å². The van der Waals surface area contributed by atoms with Crippen molar-refractivity contribution in [1.29, 1.82) is 0 Å². The summed E-state index contributed by atoms with van der Waals surface area (Å²) < 4.78 is 17.9. The van der Waals surface area contributed by atoms with Gasteiger partial charge in [0.25, 0.3) is 0 Å². The summed E-state index contributed by atoms with van der Waals surface area (Å²) >= 11 is 0. The number of carbonyl (C=O) groups excluding carboxylic acids is 1. The Morgan fingerprint density at radius 1 is 1.31 bits per heavy atom. The van der Waals surface area contributed by atoms with Crippen LogP contribution in [0.3, 0.4) is 0 Å². The van der Waals surface area contributed by atoms with E-state index >= 15 is 0 Å². The second-order valence-corrected chi connectivity index (χ2v) is 3.88. The van der Waals surface area contributed by atoms with Gasteiger partial charge in [-0.3, -0.25) is 0 Å². The highest BCUT2D eigenvalue weighted by Gasteiger charge is 2.16. The average molecular weight is 223 g/mol. The van der Waals surface area contributed by atoms with E-state index in [1.54, 1.807) is 6.07 Å². The third kappa shape index (κ3) is 2.15. The first-order valence-electron chi connectivity index (χ1n) is 5.34. The van der Waals surface area contributed by atoms with Crippen LogP contribution in [0.5, 0.6) is 0 Å². The SMILES string of the molecule is COC(=O)c1cc(F)cc(N2CCCC2)c1. The van der Waals surface area contributed by atoms with E-state index in [4.69, 9.17) is 0 Å². The predicted octanol–water partition coefficient (Wildman–Crippen LogP) is 2.21. The number of hydrogen-bond acceptors (Lipinski definition) is 3. The van der Waals surface area contributed by atoms with Crippen molar-refractivity contribution >= 4 is 11.7 Å². The van der Waals surface area contributed by atoms with Crippen LogP contribution in [0, 0.1) is 5.82 Å². The Morgan fingerprint density at radius 2 is 2.00 bits per heavy atom. The van der Waals surface area contributed by atoms with Crippen molar-refractivity contribution in [2.45, 2.75) is 12.8 Å². The fourth-order valence-electron chi connectivity index (χ4n) is 1.97. The Balaban J connectivity index is 2.31. The molecule has 86 valence electrons. The van der Waals surface area contributed by atoms with Gasteiger partial charge in [-0.2, -0.15) is 0 Å². The summed E-state index contributed by atoms with van der Waals surface area (Å²) in [6, 6.07) is 4.34. The van der Waals surface area contributed by atoms with Gasteiger partial charge in [0.05, 0.1) is 12.7 Å². The zero-order valence-electron chi connectivity index (χ0n) is 9.20. The average Bonchev–Trinajstić information content (AvgIpc) is 2.80. The molecule has 0 aromatic heterocycles. The molecule has 0 atom stereocenters. The standard InChI is InChI=1S/C12H14FNO2/c1-16-12(15)9-6-10(13)8-11(7-9)14-4-2-3-5-14/h6-8H,2-5H2,1H3. The molecule has 0 aliphatic carbocycles. The molecule has 16 heavy (non-hydrogen) atoms. The molecule has 0 spiro atoms. The molecule has 1 aromatic carbocycles. The van der Waals surface area contributed by atoms with Crippen LogP contribution in [0.1, 0.15) is 23.2 Å². The number of halogens is 1. The van der Waals surface area contributed by atoms with E-state index in [0.717, 1.165) is 31.6 Å². The van der Waals surface area contributed by atoms with Gasteiger partial charge in [-0.25, -0.2) is 9.18 Å². The number of esters is 1. The lowest BCUT2D eigenvalue weighted by Crippen LogP contribution is -2.18. The molecule has 0 amide bonds. The maximum absolute atomic E-state index is 13.3. The van der Waals surface area contributed by atoms with E-state index in [0.29, 0.717) is 0 Å². The normalized spacial score (nSPS) is 15.2. The second kappa shape index (κ2) is 4.51. The summed E-state index contributed by atoms with van der Waals surface area (Å²) in [6.45, 7) is 1.84. The van der Waals surface area contributed by atoms with E-state index in [1.165, 1.54) is 19.2 Å². The van der Waals surface area contributed by atoms with Crippen LogP contribution in [0.15, 0.2) is 18.2 Å². The quantitative estimate of drug-likeness (QED) is 0.720. The van der Waals surface area contributed by atoms with Gasteiger partial charge in [0.15, 0.2) is 0 Å². The van der Waals surface area contributed by atoms with Gasteiger partial charge in [0, 0.05) is 18.8 Å². The summed E-state index contributed by atoms with van der Waals surface area (Å²) in [5, 5.41) is 0. The van der Waals surface area contributed by atoms with Gasteiger partial charge >= 0.3 is 5.97 Å². The minimum atomic E-state index is -0.500. The summed E-state index contributed by atoms with van der Waals surface area (Å²) in [6.07, 6.45) is 2.23. The van der Waals surface area contributed by atoms with Crippen molar-refractivity contribution in [2.75, 3.05) is 25.1 Å². The van der Waals surface area contributed by atoms with Gasteiger partial charge in [-0.05, 0) is 31.0 Å². The minimum absolute atomic E-state index is 0.268. The lowest BCUT2D eigenvalue weighted by Gasteiger charge is -2.18. The smallest absolute Gasteiger partial charge is 0.338 e. The topological polar surface area (TPSA) is 29.5 Å². The number of ether oxygens (including phenoxy) is 1. The second-order valence-electron chi connectivity index (χ2n) is 3.88. The number of rotatable bonds is 2. The molecular formula is C12H14FNO2. The highest BCUT2D eigenvalue weighted by Crippen LogP contribution is 2.23. The van der Waals surface area contributed by atoms with Gasteiger partial charge in [0.1, 0.15) is 5.82 Å². The van der Waals surface area contributed by atoms with Crippen LogP contribution in [-0.4, -0.2) is 26.2 Å². The Kier molecular flexibility index (Phi) is 3.08. The lowest BCUT2D eigenvalue weighted by molar-refractivity contribution is 0.0600. The summed E-state index contributed by atoms with van der Waals surface area (Å²) in [5.74, 6) is -0.898. The van der Waals surface area contributed by atoms with Crippen molar-refractivity contribution in [3.8, 4) is 0 Å². The minimum Gasteiger partial charge on any atom is -0.465 e. The Morgan fingerprint density at radius 3 is 2.62 bits per heavy atom. The molecule has 0 unspecified atom stereocenters. The number of methoxy groups -OCH3 is 1. The molecule has 0 saturated carbocycles. The summed E-state index contributed by atoms with van der Waals surface area (Å²) in [7, 11) is 1.29. The van der Waals surface area contributed by atoms with Gasteiger partial charge in [0.2, 0.25) is 0 Å². The highest BCUT2D eigenvalue weighted by atomic mass is 19.1. The molecule has 0 radical (unpaired) electrons. The zero-order chi connectivity index (χ0) is 11.5. The van der Waals surface area contributed by atoms with Crippen molar-refractivity contribution < 1.29 is 13.9 Å². The van der Waals surface area contributed by atoms with Crippen LogP contribution in [0.25, 0.3) is 0 Å². The Labute approximate surface area is 93.8 Å². The van der Waals surface area contributed by atoms with Gasteiger partial charge in [-0.1, -0.05) is 0 Å². The lowest BCUT2D eigenvalue weighted by atomic mass is 10.2. The highest BCUT2D eigenvalue weighted by molar-refractivity contribution is 5.90. The van der Waals surface area contributed by atoms with Crippen molar-refractivity contribution in [2.24, 2.45) is 0 Å². The van der Waals surface area contributed by atoms with E-state index < -0.39 is 11.8 Å². The maximum Gasteiger partial charge on any atom is 0.338 e. The van der Waals surface area contributed by atoms with Crippen LogP contribution in [0.4, 0.5) is 10.1 Å². The van der Waals surface area contributed by atoms with Gasteiger partial charge < -0.3 is 9.64 Å². The largest absolute Gasteiger partial charge is 0.465 e. The first-order chi connectivity index (χ1) is 7.70. The molecule has 4 heteroatoms. The predicted molar refractivity (Wildman–Crippen MR) is 59.2 cm³/mol. The Hall–Kier alpha value is -1.58. The molecule has 1 heterocycles. The number of hydrogen-bond donors (Lipinski definition) is 0. The van der Waals surface area contributed by atoms with Crippen LogP contribution < -0.4 is 4.90 Å². The number of benzene rings is 1. The molecule has 1 aliphatic rings. The monoisotopic (exact) mass is 223 g/mol. The fourth-order valence-corrected chi connectivity index (χ4v) is 1.97. The molecule has 2 rings (SSSR count). The third-order valence-electron chi connectivity index (χ3n) is 2.77. The number of carbonyl (C=O) groups is 1. The summed E-state index contributed by atoms with van der Waals surface area (Å²) in [5.41, 5.74) is 1.03. The first kappa shape index (κ1) is 10.9. The van der Waals surface area contributed by atoms with Gasteiger partial charge in [-0.15, -0.1) is 0 Å². The zero-order valence-corrected chi connectivity index (χ0v) is 9.20. The maximum atomic E-state index is 13.3. The molecule has 1 saturated heterocycles. The van der Waals surface area contributed by atoms with Crippen LogP contribution in [0.2, 0.25) is 0 Å². The molecule has 1 aromatic rings. The van der Waals surface area contributed by atoms with E-state index in [1.807, 2.05) is 0 Å². The van der Waals surface area contributed by atoms with Crippen molar-refractivity contribution in [1.82, 2.24) is 0 Å². The molecule has 1 aliphatic heterocycles. The van der Waals surface area contributed by atoms with Crippen LogP contribution >= 0.6 is 0 Å². The Bertz CT molecular complexity index is 400. The first-order valence-corrected chi connectivity index (χ1v) is 5.34. The fraction of sp³-hybridized carbons (Fsp3) is 0.417. The molecule has 0 N–H and O–H groups in total. The molecule has 3 nitrogen and oxygen atoms in total. The third-order valence-corrected chi connectivity index (χ3v) is 2.77. The molecule has 0 bridgehead atoms. The van der Waals surface area contributed by atoms with Crippen molar-refractivity contribution in [3.63, 3.8) is 0 Å². The molecule has 1 fully saturated rings. The van der Waals surface area contributed by atoms with Crippen LogP contribution in [-0.2, 0) is 4.74 Å². The summed E-state index contributed by atoms with van der Waals surface area (Å²) in [4.78, 5) is 13.4. The van der Waals surface area contributed by atoms with Crippen molar-refractivity contribution in [3.05, 3.63) is 29.6 Å². The molecular weight excluding hydrogens is 209 g/mol. The van der Waals surface area contributed by atoms with E-state index in [2.05, 4.69) is 9.64 Å². The number of nitrogens with zero attached hydrogens (tertiary/aromatic N) is 1. The number of anilines is 1.